The number of halogens is 2. The van der Waals surface area contributed by atoms with Crippen LogP contribution in [0.2, 0.25) is 0 Å². The standard InChI is InChI=1S/C15H20F2N2O2/c16-15(17)10-18(8-9-21-11-15)14(20)13-6-3-7-19(13)12-4-1-2-5-12/h3,6-7,12H,1-2,4-5,8-11H2. The largest absolute Gasteiger partial charge is 0.373 e. The highest BCUT2D eigenvalue weighted by Crippen LogP contribution is 2.31. The van der Waals surface area contributed by atoms with Crippen molar-refractivity contribution in [2.24, 2.45) is 0 Å². The molecule has 0 aromatic carbocycles. The molecule has 1 saturated heterocycles. The predicted molar refractivity (Wildman–Crippen MR) is 73.6 cm³/mol. The van der Waals surface area contributed by atoms with Crippen LogP contribution in [0.1, 0.15) is 42.2 Å². The number of amides is 1. The smallest absolute Gasteiger partial charge is 0.288 e. The lowest BCUT2D eigenvalue weighted by molar-refractivity contribution is -0.0661. The van der Waals surface area contributed by atoms with E-state index in [0.29, 0.717) is 11.7 Å². The van der Waals surface area contributed by atoms with Gasteiger partial charge in [-0.25, -0.2) is 8.78 Å². The summed E-state index contributed by atoms with van der Waals surface area (Å²) >= 11 is 0. The van der Waals surface area contributed by atoms with E-state index in [9.17, 15) is 13.6 Å². The summed E-state index contributed by atoms with van der Waals surface area (Å²) in [5, 5.41) is 0. The first-order chi connectivity index (χ1) is 10.1. The van der Waals surface area contributed by atoms with Gasteiger partial charge < -0.3 is 14.2 Å². The van der Waals surface area contributed by atoms with Gasteiger partial charge in [0.2, 0.25) is 0 Å². The Morgan fingerprint density at radius 1 is 1.33 bits per heavy atom. The summed E-state index contributed by atoms with van der Waals surface area (Å²) in [6, 6.07) is 3.87. The molecule has 2 aliphatic rings. The van der Waals surface area contributed by atoms with Gasteiger partial charge in [-0.2, -0.15) is 0 Å². The van der Waals surface area contributed by atoms with Crippen molar-refractivity contribution in [1.29, 1.82) is 0 Å². The molecule has 3 rings (SSSR count). The topological polar surface area (TPSA) is 34.5 Å². The number of hydrogen-bond acceptors (Lipinski definition) is 2. The number of rotatable bonds is 2. The zero-order valence-corrected chi connectivity index (χ0v) is 11.9. The van der Waals surface area contributed by atoms with Crippen molar-refractivity contribution < 1.29 is 18.3 Å². The Morgan fingerprint density at radius 2 is 2.10 bits per heavy atom. The molecule has 1 aromatic rings. The van der Waals surface area contributed by atoms with E-state index in [2.05, 4.69) is 0 Å². The Hall–Kier alpha value is -1.43. The van der Waals surface area contributed by atoms with E-state index in [1.807, 2.05) is 16.8 Å². The van der Waals surface area contributed by atoms with Crippen LogP contribution < -0.4 is 0 Å². The van der Waals surface area contributed by atoms with Crippen LogP contribution >= 0.6 is 0 Å². The minimum Gasteiger partial charge on any atom is -0.373 e. The van der Waals surface area contributed by atoms with Gasteiger partial charge in [0.1, 0.15) is 12.3 Å². The molecular weight excluding hydrogens is 278 g/mol. The molecule has 1 amide bonds. The van der Waals surface area contributed by atoms with Crippen LogP contribution in [0, 0.1) is 0 Å². The van der Waals surface area contributed by atoms with Crippen molar-refractivity contribution in [1.82, 2.24) is 9.47 Å². The maximum atomic E-state index is 13.6. The van der Waals surface area contributed by atoms with Crippen LogP contribution in [0.5, 0.6) is 0 Å². The van der Waals surface area contributed by atoms with Crippen molar-refractivity contribution in [2.45, 2.75) is 37.6 Å². The number of nitrogens with zero attached hydrogens (tertiary/aromatic N) is 2. The summed E-state index contributed by atoms with van der Waals surface area (Å²) in [5.41, 5.74) is 0.514. The molecule has 0 spiro atoms. The van der Waals surface area contributed by atoms with Crippen LogP contribution in [-0.2, 0) is 4.74 Å². The SMILES string of the molecule is O=C(c1cccn1C1CCCC1)N1CCOCC(F)(F)C1. The summed E-state index contributed by atoms with van der Waals surface area (Å²) in [6.45, 7) is -0.808. The molecular formula is C15H20F2N2O2. The van der Waals surface area contributed by atoms with Crippen molar-refractivity contribution in [2.75, 3.05) is 26.3 Å². The fourth-order valence-electron chi connectivity index (χ4n) is 3.21. The predicted octanol–water partition coefficient (Wildman–Crippen LogP) is 2.71. The summed E-state index contributed by atoms with van der Waals surface area (Å²) < 4.78 is 34.0. The molecule has 1 aliphatic heterocycles. The zero-order valence-electron chi connectivity index (χ0n) is 11.9. The van der Waals surface area contributed by atoms with E-state index < -0.39 is 19.1 Å². The fourth-order valence-corrected chi connectivity index (χ4v) is 3.21. The monoisotopic (exact) mass is 298 g/mol. The average Bonchev–Trinajstić information content (AvgIpc) is 3.07. The molecule has 2 heterocycles. The minimum absolute atomic E-state index is 0.158. The van der Waals surface area contributed by atoms with Crippen LogP contribution in [0.15, 0.2) is 18.3 Å². The number of carbonyl (C=O) groups is 1. The van der Waals surface area contributed by atoms with Crippen LogP contribution in [-0.4, -0.2) is 47.6 Å². The summed E-state index contributed by atoms with van der Waals surface area (Å²) in [5.74, 6) is -3.30. The first kappa shape index (κ1) is 14.5. The lowest BCUT2D eigenvalue weighted by Crippen LogP contribution is -2.41. The third-order valence-corrected chi connectivity index (χ3v) is 4.24. The molecule has 0 atom stereocenters. The fraction of sp³-hybridized carbons (Fsp3) is 0.667. The van der Waals surface area contributed by atoms with Crippen LogP contribution in [0.25, 0.3) is 0 Å². The van der Waals surface area contributed by atoms with E-state index in [1.54, 1.807) is 6.07 Å². The molecule has 0 bridgehead atoms. The second-order valence-electron chi connectivity index (χ2n) is 5.87. The van der Waals surface area contributed by atoms with E-state index in [1.165, 1.54) is 4.90 Å². The molecule has 4 nitrogen and oxygen atoms in total. The van der Waals surface area contributed by atoms with Gasteiger partial charge in [0.05, 0.1) is 13.2 Å². The highest BCUT2D eigenvalue weighted by atomic mass is 19.3. The van der Waals surface area contributed by atoms with E-state index in [0.717, 1.165) is 25.7 Å². The van der Waals surface area contributed by atoms with E-state index in [-0.39, 0.29) is 19.1 Å². The highest BCUT2D eigenvalue weighted by molar-refractivity contribution is 5.93. The summed E-state index contributed by atoms with van der Waals surface area (Å²) in [4.78, 5) is 13.8. The Bertz CT molecular complexity index is 510. The van der Waals surface area contributed by atoms with Crippen molar-refractivity contribution in [3.63, 3.8) is 0 Å². The van der Waals surface area contributed by atoms with E-state index >= 15 is 0 Å². The van der Waals surface area contributed by atoms with Gasteiger partial charge in [-0.15, -0.1) is 0 Å². The quantitative estimate of drug-likeness (QED) is 0.841. The second-order valence-corrected chi connectivity index (χ2v) is 5.87. The van der Waals surface area contributed by atoms with Gasteiger partial charge in [0.15, 0.2) is 0 Å². The maximum absolute atomic E-state index is 13.6. The normalized spacial score (nSPS) is 23.2. The van der Waals surface area contributed by atoms with E-state index in [4.69, 9.17) is 4.74 Å². The lowest BCUT2D eigenvalue weighted by Gasteiger charge is -2.25. The molecule has 1 saturated carbocycles. The van der Waals surface area contributed by atoms with Gasteiger partial charge in [-0.1, -0.05) is 12.8 Å². The van der Waals surface area contributed by atoms with Crippen molar-refractivity contribution in [3.05, 3.63) is 24.0 Å². The molecule has 0 radical (unpaired) electrons. The molecule has 2 fully saturated rings. The third-order valence-electron chi connectivity index (χ3n) is 4.24. The minimum atomic E-state index is -2.98. The number of alkyl halides is 2. The van der Waals surface area contributed by atoms with Gasteiger partial charge in [-0.3, -0.25) is 4.79 Å². The molecule has 0 N–H and O–H groups in total. The van der Waals surface area contributed by atoms with Crippen molar-refractivity contribution >= 4 is 5.91 Å². The Balaban J connectivity index is 1.80. The maximum Gasteiger partial charge on any atom is 0.288 e. The summed E-state index contributed by atoms with van der Waals surface area (Å²) in [6.07, 6.45) is 6.30. The van der Waals surface area contributed by atoms with Crippen molar-refractivity contribution in [3.8, 4) is 0 Å². The molecule has 1 aromatic heterocycles. The second kappa shape index (κ2) is 5.75. The molecule has 6 heteroatoms. The van der Waals surface area contributed by atoms with Gasteiger partial charge in [0, 0.05) is 18.8 Å². The van der Waals surface area contributed by atoms with Gasteiger partial charge in [0.25, 0.3) is 11.8 Å². The first-order valence-corrected chi connectivity index (χ1v) is 7.48. The Morgan fingerprint density at radius 3 is 2.86 bits per heavy atom. The zero-order chi connectivity index (χ0) is 14.9. The number of aromatic nitrogens is 1. The number of carbonyl (C=O) groups excluding carboxylic acids is 1. The molecule has 116 valence electrons. The molecule has 21 heavy (non-hydrogen) atoms. The molecule has 1 aliphatic carbocycles. The van der Waals surface area contributed by atoms with Gasteiger partial charge in [-0.05, 0) is 25.0 Å². The number of ether oxygens (including phenoxy) is 1. The Labute approximate surface area is 122 Å². The third kappa shape index (κ3) is 3.10. The average molecular weight is 298 g/mol. The van der Waals surface area contributed by atoms with Crippen LogP contribution in [0.4, 0.5) is 8.78 Å². The Kier molecular flexibility index (Phi) is 3.97. The number of hydrogen-bond donors (Lipinski definition) is 0. The highest BCUT2D eigenvalue weighted by Gasteiger charge is 2.37. The first-order valence-electron chi connectivity index (χ1n) is 7.48. The molecule has 0 unspecified atom stereocenters. The lowest BCUT2D eigenvalue weighted by atomic mass is 10.2. The van der Waals surface area contributed by atoms with Gasteiger partial charge >= 0.3 is 0 Å². The summed E-state index contributed by atoms with van der Waals surface area (Å²) in [7, 11) is 0. The van der Waals surface area contributed by atoms with Crippen LogP contribution in [0.3, 0.4) is 0 Å².